The first-order valence-corrected chi connectivity index (χ1v) is 8.00. The third-order valence-electron chi connectivity index (χ3n) is 3.90. The molecule has 0 spiro atoms. The van der Waals surface area contributed by atoms with Crippen LogP contribution in [0.3, 0.4) is 0 Å². The van der Waals surface area contributed by atoms with E-state index in [1.165, 1.54) is 5.56 Å². The zero-order valence-electron chi connectivity index (χ0n) is 13.7. The lowest BCUT2D eigenvalue weighted by Crippen LogP contribution is -2.08. The predicted octanol–water partition coefficient (Wildman–Crippen LogP) is 3.09. The zero-order valence-corrected chi connectivity index (χ0v) is 13.7. The van der Waals surface area contributed by atoms with Crippen molar-refractivity contribution in [1.29, 1.82) is 0 Å². The van der Waals surface area contributed by atoms with Crippen LogP contribution < -0.4 is 0 Å². The monoisotopic (exact) mass is 310 g/mol. The highest BCUT2D eigenvalue weighted by atomic mass is 16.5. The highest BCUT2D eigenvalue weighted by molar-refractivity contribution is 5.75. The smallest absolute Gasteiger partial charge is 0.107 e. The molecule has 23 heavy (non-hydrogen) atoms. The minimum absolute atomic E-state index is 0.695. The molecule has 3 rings (SSSR count). The Hall–Kier alpha value is -2.27. The number of ether oxygens (including phenoxy) is 1. The number of nitrogens with zero attached hydrogens (tertiary/aromatic N) is 4. The van der Waals surface area contributed by atoms with Crippen LogP contribution in [0.4, 0.5) is 0 Å². The van der Waals surface area contributed by atoms with Gasteiger partial charge in [-0.2, -0.15) is 0 Å². The van der Waals surface area contributed by atoms with E-state index in [-0.39, 0.29) is 0 Å². The fourth-order valence-corrected chi connectivity index (χ4v) is 2.71. The van der Waals surface area contributed by atoms with Crippen LogP contribution in [-0.4, -0.2) is 32.7 Å². The number of aryl methyl sites for hydroxylation is 3. The van der Waals surface area contributed by atoms with E-state index in [9.17, 15) is 0 Å². The molecule has 0 aliphatic heterocycles. The summed E-state index contributed by atoms with van der Waals surface area (Å²) in [6.45, 7) is 6.30. The maximum Gasteiger partial charge on any atom is 0.107 e. The van der Waals surface area contributed by atoms with Crippen molar-refractivity contribution in [2.45, 2.75) is 33.2 Å². The number of imidazole rings is 1. The topological polar surface area (TPSA) is 52.8 Å². The first-order valence-electron chi connectivity index (χ1n) is 8.00. The van der Waals surface area contributed by atoms with Crippen molar-refractivity contribution in [1.82, 2.24) is 19.5 Å². The molecular formula is C18H22N4O. The maximum absolute atomic E-state index is 5.78. The average Bonchev–Trinajstić information content (AvgIpc) is 2.87. The molecule has 0 aromatic carbocycles. The summed E-state index contributed by atoms with van der Waals surface area (Å²) in [5.41, 5.74) is 4.35. The van der Waals surface area contributed by atoms with Crippen LogP contribution in [0.2, 0.25) is 0 Å². The molecule has 0 fully saturated rings. The van der Waals surface area contributed by atoms with Crippen LogP contribution in [0.1, 0.15) is 23.5 Å². The number of rotatable bonds is 7. The quantitative estimate of drug-likeness (QED) is 0.629. The molecule has 3 aromatic heterocycles. The average molecular weight is 310 g/mol. The van der Waals surface area contributed by atoms with Gasteiger partial charge in [-0.05, 0) is 44.4 Å². The van der Waals surface area contributed by atoms with Crippen molar-refractivity contribution < 1.29 is 4.74 Å². The van der Waals surface area contributed by atoms with Crippen molar-refractivity contribution >= 4 is 11.0 Å². The summed E-state index contributed by atoms with van der Waals surface area (Å²) >= 11 is 0. The summed E-state index contributed by atoms with van der Waals surface area (Å²) in [7, 11) is 0. The Morgan fingerprint density at radius 3 is 2.91 bits per heavy atom. The Balaban J connectivity index is 1.47. The summed E-state index contributed by atoms with van der Waals surface area (Å²) in [5, 5.41) is 0. The van der Waals surface area contributed by atoms with Gasteiger partial charge in [0.15, 0.2) is 0 Å². The summed E-state index contributed by atoms with van der Waals surface area (Å²) in [6.07, 6.45) is 7.57. The van der Waals surface area contributed by atoms with Gasteiger partial charge in [0.2, 0.25) is 0 Å². The fraction of sp³-hybridized carbons (Fsp3) is 0.389. The first kappa shape index (κ1) is 15.6. The number of hydrogen-bond donors (Lipinski definition) is 0. The molecule has 120 valence electrons. The van der Waals surface area contributed by atoms with E-state index >= 15 is 0 Å². The molecule has 0 saturated carbocycles. The van der Waals surface area contributed by atoms with Crippen molar-refractivity contribution in [3.63, 3.8) is 0 Å². The number of aromatic nitrogens is 4. The second kappa shape index (κ2) is 7.33. The van der Waals surface area contributed by atoms with E-state index in [2.05, 4.69) is 31.7 Å². The van der Waals surface area contributed by atoms with Crippen LogP contribution in [0.15, 0.2) is 36.8 Å². The molecule has 5 nitrogen and oxygen atoms in total. The number of pyridine rings is 2. The largest absolute Gasteiger partial charge is 0.380 e. The van der Waals surface area contributed by atoms with E-state index in [1.807, 2.05) is 32.3 Å². The Bertz CT molecular complexity index is 767. The van der Waals surface area contributed by atoms with Gasteiger partial charge in [-0.15, -0.1) is 0 Å². The van der Waals surface area contributed by atoms with E-state index in [0.29, 0.717) is 6.61 Å². The fourth-order valence-electron chi connectivity index (χ4n) is 2.71. The van der Waals surface area contributed by atoms with Gasteiger partial charge >= 0.3 is 0 Å². The van der Waals surface area contributed by atoms with E-state index in [1.54, 1.807) is 6.20 Å². The number of hydrogen-bond acceptors (Lipinski definition) is 4. The molecule has 0 N–H and O–H groups in total. The second-order valence-electron chi connectivity index (χ2n) is 5.70. The minimum Gasteiger partial charge on any atom is -0.380 e. The molecule has 0 bridgehead atoms. The molecule has 0 aliphatic carbocycles. The third kappa shape index (κ3) is 3.93. The molecule has 0 aliphatic rings. The lowest BCUT2D eigenvalue weighted by Gasteiger charge is -2.08. The molecule has 0 amide bonds. The lowest BCUT2D eigenvalue weighted by molar-refractivity contribution is 0.124. The predicted molar refractivity (Wildman–Crippen MR) is 90.4 cm³/mol. The zero-order chi connectivity index (χ0) is 16.1. The van der Waals surface area contributed by atoms with Crippen LogP contribution in [0, 0.1) is 13.8 Å². The number of fused-ring (bicyclic) bond motifs is 1. The van der Waals surface area contributed by atoms with Gasteiger partial charge < -0.3 is 9.30 Å². The Morgan fingerprint density at radius 1 is 1.17 bits per heavy atom. The molecule has 3 aromatic rings. The van der Waals surface area contributed by atoms with E-state index in [0.717, 1.165) is 48.5 Å². The molecule has 0 radical (unpaired) electrons. The molecule has 5 heteroatoms. The van der Waals surface area contributed by atoms with Crippen LogP contribution >= 0.6 is 0 Å². The lowest BCUT2D eigenvalue weighted by atomic mass is 10.2. The molecule has 3 heterocycles. The van der Waals surface area contributed by atoms with Crippen LogP contribution in [-0.2, 0) is 17.7 Å². The van der Waals surface area contributed by atoms with Crippen LogP contribution in [0.25, 0.3) is 11.0 Å². The molecule has 0 atom stereocenters. The second-order valence-corrected chi connectivity index (χ2v) is 5.70. The Morgan fingerprint density at radius 2 is 2.09 bits per heavy atom. The van der Waals surface area contributed by atoms with Crippen molar-refractivity contribution in [2.75, 3.05) is 13.2 Å². The van der Waals surface area contributed by atoms with Crippen molar-refractivity contribution in [3.05, 3.63) is 53.9 Å². The summed E-state index contributed by atoms with van der Waals surface area (Å²) in [6, 6.07) is 6.15. The van der Waals surface area contributed by atoms with Crippen molar-refractivity contribution in [2.24, 2.45) is 0 Å². The van der Waals surface area contributed by atoms with Crippen LogP contribution in [0.5, 0.6) is 0 Å². The minimum atomic E-state index is 0.695. The first-order chi connectivity index (χ1) is 11.2. The maximum atomic E-state index is 5.78. The van der Waals surface area contributed by atoms with E-state index in [4.69, 9.17) is 4.74 Å². The van der Waals surface area contributed by atoms with Crippen molar-refractivity contribution in [3.8, 4) is 0 Å². The Labute approximate surface area is 136 Å². The highest BCUT2D eigenvalue weighted by Gasteiger charge is 2.07. The third-order valence-corrected chi connectivity index (χ3v) is 3.90. The van der Waals surface area contributed by atoms with Gasteiger partial charge in [-0.25, -0.2) is 4.98 Å². The van der Waals surface area contributed by atoms with E-state index < -0.39 is 0 Å². The standard InChI is InChI=1S/C18H22N4O/c1-14-11-18-17(13-20-14)21-15(2)22(18)8-10-23-9-4-6-16-5-3-7-19-12-16/h3,5,7,11-13H,4,6,8-10H2,1-2H3. The van der Waals surface area contributed by atoms with Gasteiger partial charge in [0.25, 0.3) is 0 Å². The SMILES string of the molecule is Cc1cc2c(cn1)nc(C)n2CCOCCCc1cccnc1. The van der Waals surface area contributed by atoms with Gasteiger partial charge in [0, 0.05) is 31.2 Å². The highest BCUT2D eigenvalue weighted by Crippen LogP contribution is 2.15. The summed E-state index contributed by atoms with van der Waals surface area (Å²) in [4.78, 5) is 13.0. The molecule has 0 saturated heterocycles. The van der Waals surface area contributed by atoms with Gasteiger partial charge in [-0.1, -0.05) is 6.07 Å². The molecule has 0 unspecified atom stereocenters. The van der Waals surface area contributed by atoms with Gasteiger partial charge in [0.1, 0.15) is 11.3 Å². The molecular weight excluding hydrogens is 288 g/mol. The normalized spacial score (nSPS) is 11.2. The summed E-state index contributed by atoms with van der Waals surface area (Å²) in [5.74, 6) is 1.01. The summed E-state index contributed by atoms with van der Waals surface area (Å²) < 4.78 is 7.98. The van der Waals surface area contributed by atoms with Gasteiger partial charge in [0.05, 0.1) is 18.3 Å². The Kier molecular flexibility index (Phi) is 4.98. The van der Waals surface area contributed by atoms with Gasteiger partial charge in [-0.3, -0.25) is 9.97 Å².